The average Bonchev–Trinajstić information content (AvgIpc) is 2.34. The molecule has 1 aliphatic carbocycles. The van der Waals surface area contributed by atoms with Crippen LogP contribution in [0.1, 0.15) is 32.1 Å². The molecule has 2 unspecified atom stereocenters. The Bertz CT molecular complexity index is 420. The first-order chi connectivity index (χ1) is 10.5. The Balaban J connectivity index is 2.21. The van der Waals surface area contributed by atoms with Crippen molar-refractivity contribution in [2.24, 2.45) is 11.7 Å². The first-order valence-electron chi connectivity index (χ1n) is 8.97. The van der Waals surface area contributed by atoms with Crippen molar-refractivity contribution in [1.29, 1.82) is 0 Å². The zero-order valence-corrected chi connectivity index (χ0v) is 19.7. The predicted molar refractivity (Wildman–Crippen MR) is 103 cm³/mol. The molecule has 1 aliphatic heterocycles. The van der Waals surface area contributed by atoms with Crippen LogP contribution in [0.3, 0.4) is 0 Å². The lowest BCUT2D eigenvalue weighted by atomic mass is 9.91. The summed E-state index contributed by atoms with van der Waals surface area (Å²) >= 11 is 0. The average molecular weight is 394 g/mol. The van der Waals surface area contributed by atoms with Crippen molar-refractivity contribution in [1.82, 2.24) is 0 Å². The Morgan fingerprint density at radius 3 is 1.78 bits per heavy atom. The Hall–Kier alpha value is 0.668. The van der Waals surface area contributed by atoms with Gasteiger partial charge in [-0.05, 0) is 51.2 Å². The molecule has 2 aliphatic rings. The number of nitrogens with two attached hydrogens (primary N) is 1. The lowest BCUT2D eigenvalue weighted by Gasteiger charge is -2.49. The molecule has 0 amide bonds. The zero-order valence-electron chi connectivity index (χ0n) is 15.7. The molecule has 23 heavy (non-hydrogen) atoms. The summed E-state index contributed by atoms with van der Waals surface area (Å²) in [5.41, 5.74) is 6.06. The van der Waals surface area contributed by atoms with Crippen LogP contribution in [0.5, 0.6) is 0 Å². The van der Waals surface area contributed by atoms with Crippen molar-refractivity contribution in [3.8, 4) is 0 Å². The van der Waals surface area contributed by atoms with Gasteiger partial charge < -0.3 is 22.2 Å². The van der Waals surface area contributed by atoms with Crippen molar-refractivity contribution in [3.05, 3.63) is 0 Å². The van der Waals surface area contributed by atoms with Crippen LogP contribution in [-0.4, -0.2) is 40.4 Å². The molecular formula is C14H35NO4Si4. The minimum atomic E-state index is -2.44. The molecule has 2 rings (SSSR count). The maximum absolute atomic E-state index is 6.69. The topological polar surface area (TPSA) is 62.9 Å². The van der Waals surface area contributed by atoms with Gasteiger partial charge in [-0.15, -0.1) is 0 Å². The minimum absolute atomic E-state index is 0.464. The minimum Gasteiger partial charge on any atom is -0.416 e. The lowest BCUT2D eigenvalue weighted by Crippen LogP contribution is -2.68. The molecule has 136 valence electrons. The van der Waals surface area contributed by atoms with Gasteiger partial charge in [0.05, 0.1) is 0 Å². The monoisotopic (exact) mass is 393 g/mol. The predicted octanol–water partition coefficient (Wildman–Crippen LogP) is 3.69. The Labute approximate surface area is 146 Å². The van der Waals surface area contributed by atoms with E-state index in [4.69, 9.17) is 22.2 Å². The van der Waals surface area contributed by atoms with Crippen LogP contribution in [0, 0.1) is 5.92 Å². The molecule has 0 aromatic carbocycles. The van der Waals surface area contributed by atoms with Crippen LogP contribution in [0.15, 0.2) is 0 Å². The second-order valence-corrected chi connectivity index (χ2v) is 22.6. The first-order valence-corrected chi connectivity index (χ1v) is 19.7. The van der Waals surface area contributed by atoms with Crippen LogP contribution in [0.4, 0.5) is 0 Å². The SMILES string of the molecule is C[Si]1(C)O[Si](C)(C)O[Si](C)(CC2CCCCC2)O[Si](C)(CN)O1. The first kappa shape index (κ1) is 20.0. The fourth-order valence-electron chi connectivity index (χ4n) is 4.25. The number of rotatable bonds is 3. The molecule has 0 spiro atoms. The summed E-state index contributed by atoms with van der Waals surface area (Å²) in [6.45, 7) is 12.7. The number of hydrogen-bond donors (Lipinski definition) is 1. The molecule has 2 atom stereocenters. The second kappa shape index (κ2) is 7.12. The van der Waals surface area contributed by atoms with Crippen LogP contribution in [0.25, 0.3) is 0 Å². The van der Waals surface area contributed by atoms with Crippen LogP contribution < -0.4 is 5.73 Å². The lowest BCUT2D eigenvalue weighted by molar-refractivity contribution is 0.223. The summed E-state index contributed by atoms with van der Waals surface area (Å²) in [7, 11) is -9.30. The summed E-state index contributed by atoms with van der Waals surface area (Å²) < 4.78 is 26.2. The summed E-state index contributed by atoms with van der Waals surface area (Å²) in [6, 6.07) is 1.06. The highest BCUT2D eigenvalue weighted by Crippen LogP contribution is 2.37. The Morgan fingerprint density at radius 2 is 1.26 bits per heavy atom. The second-order valence-electron chi connectivity index (χ2n) is 8.39. The van der Waals surface area contributed by atoms with Gasteiger partial charge in [0.1, 0.15) is 0 Å². The van der Waals surface area contributed by atoms with Gasteiger partial charge in [-0.3, -0.25) is 0 Å². The quantitative estimate of drug-likeness (QED) is 0.741. The molecule has 9 heteroatoms. The van der Waals surface area contributed by atoms with E-state index in [-0.39, 0.29) is 0 Å². The molecule has 1 saturated heterocycles. The van der Waals surface area contributed by atoms with Crippen molar-refractivity contribution < 1.29 is 16.5 Å². The van der Waals surface area contributed by atoms with E-state index < -0.39 is 34.2 Å². The third kappa shape index (κ3) is 5.85. The van der Waals surface area contributed by atoms with E-state index in [1.54, 1.807) is 0 Å². The normalized spacial score (nSPS) is 38.7. The smallest absolute Gasteiger partial charge is 0.331 e. The van der Waals surface area contributed by atoms with Gasteiger partial charge >= 0.3 is 34.2 Å². The molecule has 0 aromatic heterocycles. The summed E-state index contributed by atoms with van der Waals surface area (Å²) in [6.07, 6.45) is 7.13. The summed E-state index contributed by atoms with van der Waals surface area (Å²) in [5.74, 6) is 0.728. The molecule has 0 bridgehead atoms. The number of hydrogen-bond acceptors (Lipinski definition) is 5. The molecule has 2 fully saturated rings. The van der Waals surface area contributed by atoms with Gasteiger partial charge in [0.15, 0.2) is 0 Å². The van der Waals surface area contributed by atoms with Crippen molar-refractivity contribution in [2.75, 3.05) is 6.17 Å². The summed E-state index contributed by atoms with van der Waals surface area (Å²) in [4.78, 5) is 0. The fraction of sp³-hybridized carbons (Fsp3) is 1.00. The Kier molecular flexibility index (Phi) is 6.18. The van der Waals surface area contributed by atoms with E-state index in [9.17, 15) is 0 Å². The van der Waals surface area contributed by atoms with Gasteiger partial charge in [0.25, 0.3) is 0 Å². The third-order valence-electron chi connectivity index (χ3n) is 4.60. The highest BCUT2D eigenvalue weighted by atomic mass is 28.5. The molecule has 0 radical (unpaired) electrons. The molecule has 0 aromatic rings. The van der Waals surface area contributed by atoms with Gasteiger partial charge in [-0.2, -0.15) is 0 Å². The largest absolute Gasteiger partial charge is 0.416 e. The highest BCUT2D eigenvalue weighted by molar-refractivity contribution is 6.93. The maximum Gasteiger partial charge on any atom is 0.331 e. The maximum atomic E-state index is 6.69. The fourth-order valence-corrected chi connectivity index (χ4v) is 25.9. The zero-order chi connectivity index (χ0) is 17.4. The van der Waals surface area contributed by atoms with Gasteiger partial charge in [0.2, 0.25) is 0 Å². The van der Waals surface area contributed by atoms with Crippen molar-refractivity contribution in [2.45, 2.75) is 77.4 Å². The van der Waals surface area contributed by atoms with Gasteiger partial charge in [-0.1, -0.05) is 32.1 Å². The van der Waals surface area contributed by atoms with E-state index in [2.05, 4.69) is 39.3 Å². The standard InChI is InChI=1S/C14H35NO4Si4/c1-20(2)16-21(3,4)18-23(6,13-15)19-22(5,17-20)12-14-10-8-7-9-11-14/h14H,7-13,15H2,1-6H3. The van der Waals surface area contributed by atoms with Crippen LogP contribution in [0.2, 0.25) is 45.3 Å². The van der Waals surface area contributed by atoms with E-state index in [0.717, 1.165) is 12.0 Å². The van der Waals surface area contributed by atoms with E-state index in [1.165, 1.54) is 32.1 Å². The van der Waals surface area contributed by atoms with Crippen molar-refractivity contribution >= 4 is 34.2 Å². The molecule has 1 saturated carbocycles. The van der Waals surface area contributed by atoms with Crippen LogP contribution in [-0.2, 0) is 16.5 Å². The summed E-state index contributed by atoms with van der Waals surface area (Å²) in [5, 5.41) is 0. The van der Waals surface area contributed by atoms with E-state index in [0.29, 0.717) is 6.17 Å². The van der Waals surface area contributed by atoms with Crippen LogP contribution >= 0.6 is 0 Å². The van der Waals surface area contributed by atoms with Gasteiger partial charge in [0, 0.05) is 6.17 Å². The van der Waals surface area contributed by atoms with E-state index in [1.807, 2.05) is 0 Å². The molecular weight excluding hydrogens is 359 g/mol. The molecule has 2 N–H and O–H groups in total. The van der Waals surface area contributed by atoms with Crippen molar-refractivity contribution in [3.63, 3.8) is 0 Å². The third-order valence-corrected chi connectivity index (χ3v) is 21.4. The van der Waals surface area contributed by atoms with Gasteiger partial charge in [-0.25, -0.2) is 0 Å². The Morgan fingerprint density at radius 1 is 0.739 bits per heavy atom. The highest BCUT2D eigenvalue weighted by Gasteiger charge is 2.54. The molecule has 1 heterocycles. The molecule has 5 nitrogen and oxygen atoms in total. The van der Waals surface area contributed by atoms with E-state index >= 15 is 0 Å².